The fourth-order valence-corrected chi connectivity index (χ4v) is 1.29. The highest BCUT2D eigenvalue weighted by molar-refractivity contribution is 6.70. The zero-order valence-electron chi connectivity index (χ0n) is 7.58. The molecule has 0 radical (unpaired) electrons. The number of hydrogen-bond donors (Lipinski definition) is 3. The number of aliphatic imine (C=N–C) groups is 4. The zero-order valence-corrected chi connectivity index (χ0v) is 7.58. The molecule has 8 nitrogen and oxygen atoms in total. The molecule has 15 heavy (non-hydrogen) atoms. The summed E-state index contributed by atoms with van der Waals surface area (Å²) >= 11 is 0. The molecule has 2 aliphatic rings. The lowest BCUT2D eigenvalue weighted by atomic mass is 10.2. The molecule has 0 fully saturated rings. The summed E-state index contributed by atoms with van der Waals surface area (Å²) in [6, 6.07) is 0. The predicted molar refractivity (Wildman–Crippen MR) is 54.2 cm³/mol. The minimum Gasteiger partial charge on any atom is -0.481 e. The SMILES string of the molecule is NC1=NC(N)(CC(=O)O)N=C2N=CN=C12. The average Bonchev–Trinajstić information content (AvgIpc) is 2.48. The van der Waals surface area contributed by atoms with Crippen LogP contribution in [0.15, 0.2) is 20.0 Å². The lowest BCUT2D eigenvalue weighted by Crippen LogP contribution is -2.47. The standard InChI is InChI=1S/C7H8N6O2/c8-5-4-6(11-2-10-4)13-7(9,12-5)1-3(14)15/h2H,1,9H2,(H2,8,12)(H,14,15). The summed E-state index contributed by atoms with van der Waals surface area (Å²) in [4.78, 5) is 25.8. The number of nitrogens with two attached hydrogens (primary N) is 2. The van der Waals surface area contributed by atoms with Crippen LogP contribution in [0.2, 0.25) is 0 Å². The number of carboxylic acid groups (broad SMARTS) is 1. The molecule has 2 aliphatic heterocycles. The summed E-state index contributed by atoms with van der Waals surface area (Å²) in [5, 5.41) is 8.63. The van der Waals surface area contributed by atoms with Crippen molar-refractivity contribution in [2.24, 2.45) is 31.4 Å². The summed E-state index contributed by atoms with van der Waals surface area (Å²) < 4.78 is 0. The first-order valence-electron chi connectivity index (χ1n) is 4.07. The van der Waals surface area contributed by atoms with Gasteiger partial charge in [0.2, 0.25) is 5.79 Å². The Bertz CT molecular complexity index is 448. The van der Waals surface area contributed by atoms with E-state index in [0.29, 0.717) is 5.71 Å². The molecule has 0 bridgehead atoms. The van der Waals surface area contributed by atoms with E-state index in [1.807, 2.05) is 0 Å². The first-order valence-corrected chi connectivity index (χ1v) is 4.07. The Balaban J connectivity index is 2.38. The van der Waals surface area contributed by atoms with Crippen molar-refractivity contribution in [3.8, 4) is 0 Å². The predicted octanol–water partition coefficient (Wildman–Crippen LogP) is -1.67. The van der Waals surface area contributed by atoms with Crippen LogP contribution in [0, 0.1) is 0 Å². The fourth-order valence-electron chi connectivity index (χ4n) is 1.29. The molecule has 8 heteroatoms. The molecule has 78 valence electrons. The van der Waals surface area contributed by atoms with Crippen molar-refractivity contribution in [2.75, 3.05) is 0 Å². The Morgan fingerprint density at radius 2 is 2.27 bits per heavy atom. The number of carbonyl (C=O) groups is 1. The second-order valence-electron chi connectivity index (χ2n) is 3.10. The normalized spacial score (nSPS) is 27.9. The van der Waals surface area contributed by atoms with Crippen molar-refractivity contribution in [1.82, 2.24) is 0 Å². The van der Waals surface area contributed by atoms with Gasteiger partial charge in [-0.3, -0.25) is 10.5 Å². The molecule has 1 atom stereocenters. The van der Waals surface area contributed by atoms with E-state index in [1.54, 1.807) is 0 Å². The Morgan fingerprint density at radius 1 is 1.53 bits per heavy atom. The second kappa shape index (κ2) is 2.95. The van der Waals surface area contributed by atoms with E-state index < -0.39 is 18.2 Å². The highest BCUT2D eigenvalue weighted by Crippen LogP contribution is 2.17. The molecule has 2 rings (SSSR count). The van der Waals surface area contributed by atoms with Gasteiger partial charge in [0.1, 0.15) is 12.8 Å². The quantitative estimate of drug-likeness (QED) is 0.499. The van der Waals surface area contributed by atoms with Gasteiger partial charge in [0.15, 0.2) is 17.4 Å². The zero-order chi connectivity index (χ0) is 11.1. The minimum atomic E-state index is -1.58. The Morgan fingerprint density at radius 3 is 2.93 bits per heavy atom. The fraction of sp³-hybridized carbons (Fsp3) is 0.286. The second-order valence-corrected chi connectivity index (χ2v) is 3.10. The van der Waals surface area contributed by atoms with Crippen LogP contribution >= 0.6 is 0 Å². The van der Waals surface area contributed by atoms with Gasteiger partial charge < -0.3 is 10.8 Å². The van der Waals surface area contributed by atoms with Crippen molar-refractivity contribution in [2.45, 2.75) is 12.2 Å². The molecule has 0 aromatic carbocycles. The van der Waals surface area contributed by atoms with Gasteiger partial charge in [0, 0.05) is 0 Å². The Labute approximate surface area is 84.1 Å². The Hall–Kier alpha value is -2.09. The van der Waals surface area contributed by atoms with E-state index in [1.165, 1.54) is 6.34 Å². The molecule has 0 amide bonds. The molecule has 0 aromatic heterocycles. The van der Waals surface area contributed by atoms with E-state index in [-0.39, 0.29) is 11.7 Å². The maximum absolute atomic E-state index is 10.5. The number of carboxylic acids is 1. The van der Waals surface area contributed by atoms with Gasteiger partial charge in [0.25, 0.3) is 0 Å². The van der Waals surface area contributed by atoms with Crippen LogP contribution in [0.3, 0.4) is 0 Å². The van der Waals surface area contributed by atoms with Crippen LogP contribution in [-0.2, 0) is 4.79 Å². The first-order chi connectivity index (χ1) is 7.00. The lowest BCUT2D eigenvalue weighted by Gasteiger charge is -2.23. The smallest absolute Gasteiger partial charge is 0.309 e. The Kier molecular flexibility index (Phi) is 1.86. The van der Waals surface area contributed by atoms with Crippen LogP contribution in [-0.4, -0.2) is 40.6 Å². The number of fused-ring (bicyclic) bond motifs is 1. The lowest BCUT2D eigenvalue weighted by molar-refractivity contribution is -0.138. The highest BCUT2D eigenvalue weighted by atomic mass is 16.4. The van der Waals surface area contributed by atoms with E-state index in [0.717, 1.165) is 0 Å². The van der Waals surface area contributed by atoms with E-state index in [2.05, 4.69) is 20.0 Å². The third kappa shape index (κ3) is 1.62. The van der Waals surface area contributed by atoms with Crippen molar-refractivity contribution in [1.29, 1.82) is 0 Å². The highest BCUT2D eigenvalue weighted by Gasteiger charge is 2.34. The summed E-state index contributed by atoms with van der Waals surface area (Å²) in [5.74, 6) is -2.40. The molecule has 0 aliphatic carbocycles. The van der Waals surface area contributed by atoms with Crippen LogP contribution in [0.4, 0.5) is 0 Å². The number of aliphatic carboxylic acids is 1. The molecule has 5 N–H and O–H groups in total. The van der Waals surface area contributed by atoms with Gasteiger partial charge in [-0.1, -0.05) is 0 Å². The third-order valence-electron chi connectivity index (χ3n) is 1.85. The molecule has 1 unspecified atom stereocenters. The van der Waals surface area contributed by atoms with E-state index >= 15 is 0 Å². The summed E-state index contributed by atoms with van der Waals surface area (Å²) in [6.07, 6.45) is 0.822. The number of rotatable bonds is 2. The largest absolute Gasteiger partial charge is 0.481 e. The van der Waals surface area contributed by atoms with Gasteiger partial charge in [-0.05, 0) is 0 Å². The maximum atomic E-state index is 10.5. The molecule has 0 aromatic rings. The number of amidine groups is 2. The molecule has 0 spiro atoms. The van der Waals surface area contributed by atoms with Gasteiger partial charge >= 0.3 is 5.97 Å². The topological polar surface area (TPSA) is 139 Å². The van der Waals surface area contributed by atoms with Crippen LogP contribution in [0.1, 0.15) is 6.42 Å². The number of hydrogen-bond acceptors (Lipinski definition) is 7. The van der Waals surface area contributed by atoms with Gasteiger partial charge in [-0.25, -0.2) is 20.0 Å². The monoisotopic (exact) mass is 208 g/mol. The average molecular weight is 208 g/mol. The van der Waals surface area contributed by atoms with E-state index in [4.69, 9.17) is 16.6 Å². The maximum Gasteiger partial charge on any atom is 0.309 e. The summed E-state index contributed by atoms with van der Waals surface area (Å²) in [7, 11) is 0. The third-order valence-corrected chi connectivity index (χ3v) is 1.85. The van der Waals surface area contributed by atoms with Gasteiger partial charge in [-0.2, -0.15) is 0 Å². The summed E-state index contributed by atoms with van der Waals surface area (Å²) in [6.45, 7) is 0. The van der Waals surface area contributed by atoms with Gasteiger partial charge in [0.05, 0.1) is 0 Å². The van der Waals surface area contributed by atoms with Crippen LogP contribution in [0.5, 0.6) is 0 Å². The van der Waals surface area contributed by atoms with Gasteiger partial charge in [-0.15, -0.1) is 0 Å². The molecule has 2 heterocycles. The molecular weight excluding hydrogens is 200 g/mol. The van der Waals surface area contributed by atoms with Crippen molar-refractivity contribution in [3.05, 3.63) is 0 Å². The van der Waals surface area contributed by atoms with Crippen molar-refractivity contribution in [3.63, 3.8) is 0 Å². The molecular formula is C7H8N6O2. The van der Waals surface area contributed by atoms with Crippen molar-refractivity contribution < 1.29 is 9.90 Å². The van der Waals surface area contributed by atoms with Crippen molar-refractivity contribution >= 4 is 29.7 Å². The minimum absolute atomic E-state index is 0.0567. The first kappa shape index (κ1) is 9.46. The molecule has 0 saturated carbocycles. The van der Waals surface area contributed by atoms with Crippen LogP contribution < -0.4 is 11.5 Å². The van der Waals surface area contributed by atoms with Crippen LogP contribution in [0.25, 0.3) is 0 Å². The number of nitrogens with zero attached hydrogens (tertiary/aromatic N) is 4. The van der Waals surface area contributed by atoms with E-state index in [9.17, 15) is 4.79 Å². The summed E-state index contributed by atoms with van der Waals surface area (Å²) in [5.41, 5.74) is 11.5. The molecule has 0 saturated heterocycles.